The van der Waals surface area contributed by atoms with Gasteiger partial charge in [0.15, 0.2) is 0 Å². The fraction of sp³-hybridized carbons (Fsp3) is 0.571. The van der Waals surface area contributed by atoms with Crippen molar-refractivity contribution < 1.29 is 4.79 Å². The smallest absolute Gasteiger partial charge is 0.263 e. The van der Waals surface area contributed by atoms with Crippen molar-refractivity contribution in [2.45, 2.75) is 6.04 Å². The molecule has 4 heterocycles. The Morgan fingerprint density at radius 2 is 2.10 bits per heavy atom. The van der Waals surface area contributed by atoms with Gasteiger partial charge >= 0.3 is 0 Å². The van der Waals surface area contributed by atoms with Gasteiger partial charge in [-0.1, -0.05) is 0 Å². The summed E-state index contributed by atoms with van der Waals surface area (Å²) in [6, 6.07) is 3.66. The van der Waals surface area contributed by atoms with Crippen molar-refractivity contribution in [1.82, 2.24) is 19.7 Å². The number of rotatable bonds is 3. The molecule has 3 aliphatic heterocycles. The van der Waals surface area contributed by atoms with Gasteiger partial charge in [0, 0.05) is 58.6 Å². The third kappa shape index (κ3) is 2.48. The second-order valence-corrected chi connectivity index (χ2v) is 5.54. The fourth-order valence-electron chi connectivity index (χ4n) is 2.99. The van der Waals surface area contributed by atoms with Crippen molar-refractivity contribution in [3.8, 4) is 0 Å². The number of nitrogens with one attached hydrogen (secondary N) is 1. The van der Waals surface area contributed by atoms with E-state index < -0.39 is 0 Å². The lowest BCUT2D eigenvalue weighted by atomic mass is 10.1. The standard InChI is InChI=1S/C14H20N4O2/c1-16-4-2-3-12(14(16)20)13(19)15-9-11-10-17-5-7-18(11)8-6-17/h2-4,11H,5-10H2,1H3,(H,15,19). The van der Waals surface area contributed by atoms with E-state index in [1.807, 2.05) is 0 Å². The zero-order chi connectivity index (χ0) is 14.1. The first-order valence-corrected chi connectivity index (χ1v) is 7.05. The Morgan fingerprint density at radius 3 is 2.75 bits per heavy atom. The number of aromatic nitrogens is 1. The van der Waals surface area contributed by atoms with Crippen molar-refractivity contribution in [1.29, 1.82) is 0 Å². The van der Waals surface area contributed by atoms with E-state index in [1.165, 1.54) is 4.57 Å². The van der Waals surface area contributed by atoms with Crippen LogP contribution in [0, 0.1) is 0 Å². The third-order valence-electron chi connectivity index (χ3n) is 4.26. The molecule has 0 saturated carbocycles. The molecule has 1 aromatic heterocycles. The van der Waals surface area contributed by atoms with Crippen LogP contribution in [-0.4, -0.2) is 65.6 Å². The Bertz CT molecular complexity index is 561. The van der Waals surface area contributed by atoms with Gasteiger partial charge in [0.25, 0.3) is 11.5 Å². The van der Waals surface area contributed by atoms with Crippen LogP contribution < -0.4 is 10.9 Å². The zero-order valence-corrected chi connectivity index (χ0v) is 11.7. The van der Waals surface area contributed by atoms with Gasteiger partial charge in [-0.25, -0.2) is 0 Å². The van der Waals surface area contributed by atoms with Gasteiger partial charge in [-0.15, -0.1) is 0 Å². The monoisotopic (exact) mass is 276 g/mol. The summed E-state index contributed by atoms with van der Waals surface area (Å²) in [6.45, 7) is 6.02. The molecule has 3 aliphatic rings. The summed E-state index contributed by atoms with van der Waals surface area (Å²) in [4.78, 5) is 28.8. The number of fused-ring (bicyclic) bond motifs is 3. The first kappa shape index (κ1) is 13.3. The summed E-state index contributed by atoms with van der Waals surface area (Å²) in [5.74, 6) is -0.274. The Labute approximate surface area is 118 Å². The topological polar surface area (TPSA) is 57.6 Å². The van der Waals surface area contributed by atoms with Crippen molar-refractivity contribution >= 4 is 5.91 Å². The highest BCUT2D eigenvalue weighted by Crippen LogP contribution is 2.14. The molecule has 1 amide bonds. The van der Waals surface area contributed by atoms with Crippen molar-refractivity contribution in [2.75, 3.05) is 39.3 Å². The van der Waals surface area contributed by atoms with Gasteiger partial charge < -0.3 is 9.88 Å². The number of hydrogen-bond donors (Lipinski definition) is 1. The summed E-state index contributed by atoms with van der Waals surface area (Å²) >= 11 is 0. The number of piperazine rings is 3. The highest BCUT2D eigenvalue weighted by molar-refractivity contribution is 5.93. The van der Waals surface area contributed by atoms with E-state index >= 15 is 0 Å². The molecule has 1 aromatic rings. The molecule has 2 bridgehead atoms. The van der Waals surface area contributed by atoms with E-state index in [0.29, 0.717) is 12.6 Å². The average molecular weight is 276 g/mol. The maximum atomic E-state index is 12.1. The number of amides is 1. The number of pyridine rings is 1. The molecule has 6 nitrogen and oxygen atoms in total. The van der Waals surface area contributed by atoms with E-state index in [9.17, 15) is 9.59 Å². The molecule has 0 aromatic carbocycles. The van der Waals surface area contributed by atoms with Gasteiger partial charge in [-0.3, -0.25) is 19.4 Å². The van der Waals surface area contributed by atoms with E-state index in [0.717, 1.165) is 32.7 Å². The Balaban J connectivity index is 1.62. The lowest BCUT2D eigenvalue weighted by molar-refractivity contribution is 0.0138. The molecule has 3 fully saturated rings. The van der Waals surface area contributed by atoms with Crippen LogP contribution in [0.5, 0.6) is 0 Å². The van der Waals surface area contributed by atoms with Gasteiger partial charge in [0.2, 0.25) is 0 Å². The third-order valence-corrected chi connectivity index (χ3v) is 4.26. The molecular formula is C14H20N4O2. The maximum Gasteiger partial charge on any atom is 0.263 e. The van der Waals surface area contributed by atoms with Crippen LogP contribution in [0.25, 0.3) is 0 Å². The van der Waals surface area contributed by atoms with Gasteiger partial charge in [-0.2, -0.15) is 0 Å². The Hall–Kier alpha value is -1.66. The van der Waals surface area contributed by atoms with E-state index in [1.54, 1.807) is 25.4 Å². The average Bonchev–Trinajstić information content (AvgIpc) is 2.49. The van der Waals surface area contributed by atoms with E-state index in [2.05, 4.69) is 15.1 Å². The second kappa shape index (κ2) is 5.38. The van der Waals surface area contributed by atoms with Crippen LogP contribution >= 0.6 is 0 Å². The van der Waals surface area contributed by atoms with Crippen LogP contribution in [0.15, 0.2) is 23.1 Å². The highest BCUT2D eigenvalue weighted by atomic mass is 16.2. The van der Waals surface area contributed by atoms with Crippen LogP contribution in [0.4, 0.5) is 0 Å². The molecule has 1 atom stereocenters. The number of carbonyl (C=O) groups excluding carboxylic acids is 1. The summed E-state index contributed by atoms with van der Waals surface area (Å²) in [5.41, 5.74) is -0.0366. The van der Waals surface area contributed by atoms with Crippen molar-refractivity contribution in [2.24, 2.45) is 7.05 Å². The summed E-state index contributed by atoms with van der Waals surface area (Å²) in [5, 5.41) is 2.90. The molecule has 108 valence electrons. The predicted molar refractivity (Wildman–Crippen MR) is 75.8 cm³/mol. The van der Waals surface area contributed by atoms with Gasteiger partial charge in [0.05, 0.1) is 0 Å². The molecule has 0 radical (unpaired) electrons. The minimum absolute atomic E-state index is 0.214. The maximum absolute atomic E-state index is 12.1. The SMILES string of the molecule is Cn1cccc(C(=O)NCC2CN3CCN2CC3)c1=O. The van der Waals surface area contributed by atoms with Crippen molar-refractivity contribution in [3.05, 3.63) is 34.2 Å². The minimum atomic E-state index is -0.274. The van der Waals surface area contributed by atoms with Crippen LogP contribution in [-0.2, 0) is 7.05 Å². The number of carbonyl (C=O) groups is 1. The Kier molecular flexibility index (Phi) is 3.58. The number of nitrogens with zero attached hydrogens (tertiary/aromatic N) is 3. The number of aryl methyl sites for hydroxylation is 1. The van der Waals surface area contributed by atoms with Crippen LogP contribution in [0.2, 0.25) is 0 Å². The second-order valence-electron chi connectivity index (χ2n) is 5.54. The van der Waals surface area contributed by atoms with E-state index in [-0.39, 0.29) is 17.0 Å². The molecule has 3 saturated heterocycles. The quantitative estimate of drug-likeness (QED) is 0.778. The summed E-state index contributed by atoms with van der Waals surface area (Å²) in [6.07, 6.45) is 1.65. The highest BCUT2D eigenvalue weighted by Gasteiger charge is 2.31. The summed E-state index contributed by atoms with van der Waals surface area (Å²) < 4.78 is 1.42. The predicted octanol–water partition coefficient (Wildman–Crippen LogP) is -0.885. The van der Waals surface area contributed by atoms with Crippen LogP contribution in [0.3, 0.4) is 0 Å². The molecule has 4 rings (SSSR count). The molecular weight excluding hydrogens is 256 g/mol. The molecule has 1 N–H and O–H groups in total. The lowest BCUT2D eigenvalue weighted by Gasteiger charge is -2.47. The van der Waals surface area contributed by atoms with E-state index in [4.69, 9.17) is 0 Å². The van der Waals surface area contributed by atoms with Gasteiger partial charge in [-0.05, 0) is 12.1 Å². The largest absolute Gasteiger partial charge is 0.350 e. The minimum Gasteiger partial charge on any atom is -0.350 e. The first-order chi connectivity index (χ1) is 9.65. The fourth-order valence-corrected chi connectivity index (χ4v) is 2.99. The normalized spacial score (nSPS) is 28.4. The molecule has 0 aliphatic carbocycles. The Morgan fingerprint density at radius 1 is 1.35 bits per heavy atom. The van der Waals surface area contributed by atoms with Gasteiger partial charge in [0.1, 0.15) is 5.56 Å². The first-order valence-electron chi connectivity index (χ1n) is 7.05. The van der Waals surface area contributed by atoms with Crippen LogP contribution in [0.1, 0.15) is 10.4 Å². The molecule has 0 spiro atoms. The van der Waals surface area contributed by atoms with Crippen molar-refractivity contribution in [3.63, 3.8) is 0 Å². The lowest BCUT2D eigenvalue weighted by Crippen LogP contribution is -2.63. The molecule has 1 unspecified atom stereocenters. The molecule has 6 heteroatoms. The summed E-state index contributed by atoms with van der Waals surface area (Å²) in [7, 11) is 1.65. The number of hydrogen-bond acceptors (Lipinski definition) is 4. The molecule has 20 heavy (non-hydrogen) atoms. The zero-order valence-electron chi connectivity index (χ0n) is 11.7.